The van der Waals surface area contributed by atoms with E-state index in [2.05, 4.69) is 20.8 Å². The number of aliphatic hydroxyl groups is 1. The van der Waals surface area contributed by atoms with E-state index in [9.17, 15) is 14.7 Å². The first-order valence-electron chi connectivity index (χ1n) is 11.0. The number of aliphatic hydroxyl groups excluding tert-OH is 1. The van der Waals surface area contributed by atoms with Crippen molar-refractivity contribution in [3.8, 4) is 0 Å². The van der Waals surface area contributed by atoms with E-state index in [1.165, 1.54) is 0 Å². The zero-order chi connectivity index (χ0) is 23.6. The first kappa shape index (κ1) is 23.7. The molecule has 2 aromatic carbocycles. The van der Waals surface area contributed by atoms with Crippen molar-refractivity contribution in [2.45, 2.75) is 52.5 Å². The van der Waals surface area contributed by atoms with Gasteiger partial charge < -0.3 is 14.7 Å². The van der Waals surface area contributed by atoms with Crippen LogP contribution in [0.1, 0.15) is 61.1 Å². The van der Waals surface area contributed by atoms with Crippen LogP contribution in [-0.2, 0) is 19.7 Å². The average Bonchev–Trinajstić information content (AvgIpc) is 2.99. The van der Waals surface area contributed by atoms with Crippen molar-refractivity contribution < 1.29 is 19.4 Å². The number of nitrogens with zero attached hydrogens (tertiary/aromatic N) is 1. The molecule has 1 unspecified atom stereocenters. The Bertz CT molecular complexity index is 1040. The van der Waals surface area contributed by atoms with E-state index in [0.717, 1.165) is 22.3 Å². The highest BCUT2D eigenvalue weighted by Gasteiger charge is 2.45. The summed E-state index contributed by atoms with van der Waals surface area (Å²) >= 11 is 0. The van der Waals surface area contributed by atoms with E-state index in [1.807, 2.05) is 56.3 Å². The number of carbonyl (C=O) groups excluding carboxylic acids is 2. The summed E-state index contributed by atoms with van der Waals surface area (Å²) in [5.74, 6) is -1.35. The van der Waals surface area contributed by atoms with Crippen LogP contribution in [0.2, 0.25) is 0 Å². The van der Waals surface area contributed by atoms with Crippen molar-refractivity contribution in [2.24, 2.45) is 0 Å². The molecule has 0 spiro atoms. The van der Waals surface area contributed by atoms with Crippen LogP contribution in [0.4, 0.5) is 0 Å². The summed E-state index contributed by atoms with van der Waals surface area (Å²) in [6.07, 6.45) is 0.601. The molecule has 1 aliphatic rings. The number of carbonyl (C=O) groups is 2. The lowest BCUT2D eigenvalue weighted by atomic mass is 9.85. The van der Waals surface area contributed by atoms with E-state index in [0.29, 0.717) is 25.1 Å². The molecule has 0 saturated carbocycles. The van der Waals surface area contributed by atoms with Crippen molar-refractivity contribution in [3.05, 3.63) is 75.9 Å². The van der Waals surface area contributed by atoms with Crippen molar-refractivity contribution in [3.63, 3.8) is 0 Å². The van der Waals surface area contributed by atoms with Crippen molar-refractivity contribution in [2.75, 3.05) is 20.3 Å². The number of methoxy groups -OCH3 is 1. The molecule has 1 saturated heterocycles. The van der Waals surface area contributed by atoms with Gasteiger partial charge in [0.25, 0.3) is 11.7 Å². The lowest BCUT2D eigenvalue weighted by Gasteiger charge is -2.26. The second-order valence-electron chi connectivity index (χ2n) is 9.53. The lowest BCUT2D eigenvalue weighted by Crippen LogP contribution is -2.31. The molecule has 1 amide bonds. The second-order valence-corrected chi connectivity index (χ2v) is 9.53. The third-order valence-corrected chi connectivity index (χ3v) is 6.03. The number of hydrogen-bond donors (Lipinski definition) is 1. The van der Waals surface area contributed by atoms with Crippen LogP contribution in [0.3, 0.4) is 0 Å². The molecule has 1 atom stereocenters. The normalized spacial score (nSPS) is 18.4. The quantitative estimate of drug-likeness (QED) is 0.298. The lowest BCUT2D eigenvalue weighted by molar-refractivity contribution is -0.140. The predicted molar refractivity (Wildman–Crippen MR) is 127 cm³/mol. The van der Waals surface area contributed by atoms with E-state index in [-0.39, 0.29) is 16.7 Å². The average molecular weight is 436 g/mol. The fourth-order valence-electron chi connectivity index (χ4n) is 4.14. The van der Waals surface area contributed by atoms with Crippen LogP contribution < -0.4 is 0 Å². The van der Waals surface area contributed by atoms with E-state index in [1.54, 1.807) is 12.0 Å². The van der Waals surface area contributed by atoms with E-state index < -0.39 is 17.7 Å². The molecule has 1 fully saturated rings. The zero-order valence-corrected chi connectivity index (χ0v) is 19.9. The number of hydrogen-bond acceptors (Lipinski definition) is 4. The molecular weight excluding hydrogens is 402 g/mol. The molecule has 0 radical (unpaired) electrons. The number of likely N-dealkylation sites (tertiary alicyclic amines) is 1. The first-order valence-corrected chi connectivity index (χ1v) is 11.0. The molecular formula is C27H33NO4. The predicted octanol–water partition coefficient (Wildman–Crippen LogP) is 5.06. The van der Waals surface area contributed by atoms with Gasteiger partial charge in [0.1, 0.15) is 5.76 Å². The summed E-state index contributed by atoms with van der Waals surface area (Å²) in [6.45, 7) is 11.1. The molecule has 5 nitrogen and oxygen atoms in total. The van der Waals surface area contributed by atoms with Gasteiger partial charge in [-0.15, -0.1) is 0 Å². The Kier molecular flexibility index (Phi) is 6.89. The highest BCUT2D eigenvalue weighted by atomic mass is 16.5. The van der Waals surface area contributed by atoms with Crippen molar-refractivity contribution in [1.29, 1.82) is 0 Å². The van der Waals surface area contributed by atoms with Gasteiger partial charge in [0.05, 0.1) is 11.6 Å². The minimum absolute atomic E-state index is 0.0164. The third-order valence-electron chi connectivity index (χ3n) is 6.03. The molecule has 1 aliphatic heterocycles. The van der Waals surface area contributed by atoms with Crippen LogP contribution in [-0.4, -0.2) is 42.0 Å². The Balaban J connectivity index is 2.16. The maximum absolute atomic E-state index is 13.1. The van der Waals surface area contributed by atoms with Gasteiger partial charge >= 0.3 is 0 Å². The highest BCUT2D eigenvalue weighted by molar-refractivity contribution is 6.46. The minimum atomic E-state index is -0.647. The molecule has 0 bridgehead atoms. The number of rotatable bonds is 6. The number of Topliss-reactive ketones (excluding diaryl/α,β-unsaturated/α-hetero) is 1. The Morgan fingerprint density at radius 2 is 1.72 bits per heavy atom. The van der Waals surface area contributed by atoms with Crippen LogP contribution in [0.5, 0.6) is 0 Å². The maximum atomic E-state index is 13.1. The minimum Gasteiger partial charge on any atom is -0.507 e. The van der Waals surface area contributed by atoms with Crippen molar-refractivity contribution >= 4 is 17.4 Å². The summed E-state index contributed by atoms with van der Waals surface area (Å²) in [5.41, 5.74) is 4.49. The van der Waals surface area contributed by atoms with E-state index >= 15 is 0 Å². The van der Waals surface area contributed by atoms with Crippen LogP contribution >= 0.6 is 0 Å². The summed E-state index contributed by atoms with van der Waals surface area (Å²) in [7, 11) is 1.61. The Morgan fingerprint density at radius 1 is 1.06 bits per heavy atom. The van der Waals surface area contributed by atoms with Gasteiger partial charge in [0, 0.05) is 25.8 Å². The largest absolute Gasteiger partial charge is 0.507 e. The zero-order valence-electron chi connectivity index (χ0n) is 19.9. The Morgan fingerprint density at radius 3 is 2.31 bits per heavy atom. The van der Waals surface area contributed by atoms with Gasteiger partial charge in [-0.25, -0.2) is 0 Å². The second kappa shape index (κ2) is 9.29. The monoisotopic (exact) mass is 435 g/mol. The van der Waals surface area contributed by atoms with Gasteiger partial charge in [0.2, 0.25) is 0 Å². The number of amides is 1. The highest BCUT2D eigenvalue weighted by Crippen LogP contribution is 2.40. The van der Waals surface area contributed by atoms with Crippen LogP contribution in [0.15, 0.2) is 48.0 Å². The third kappa shape index (κ3) is 4.63. The number of benzene rings is 2. The standard InChI is InChI=1S/C27H33NO4/c1-17-8-9-18(2)21(16-17)24(29)22-23(19-10-12-20(13-11-19)27(3,4)5)28(14-7-15-32-6)26(31)25(22)30/h8-13,16,23,29H,7,14-15H2,1-6H3/b24-22+. The molecule has 3 rings (SSSR count). The summed E-state index contributed by atoms with van der Waals surface area (Å²) in [4.78, 5) is 27.7. The molecule has 1 heterocycles. The fourth-order valence-corrected chi connectivity index (χ4v) is 4.14. The summed E-state index contributed by atoms with van der Waals surface area (Å²) < 4.78 is 5.15. The van der Waals surface area contributed by atoms with Crippen LogP contribution in [0, 0.1) is 13.8 Å². The molecule has 32 heavy (non-hydrogen) atoms. The van der Waals surface area contributed by atoms with Crippen molar-refractivity contribution in [1.82, 2.24) is 4.90 Å². The Hall–Kier alpha value is -2.92. The maximum Gasteiger partial charge on any atom is 0.295 e. The first-order chi connectivity index (χ1) is 15.1. The summed E-state index contributed by atoms with van der Waals surface area (Å²) in [5, 5.41) is 11.3. The number of ether oxygens (including phenoxy) is 1. The van der Waals surface area contributed by atoms with Gasteiger partial charge in [-0.2, -0.15) is 0 Å². The van der Waals surface area contributed by atoms with Gasteiger partial charge in [0.15, 0.2) is 0 Å². The topological polar surface area (TPSA) is 66.8 Å². The number of ketones is 1. The smallest absolute Gasteiger partial charge is 0.295 e. The Labute approximate surface area is 190 Å². The fraction of sp³-hybridized carbons (Fsp3) is 0.407. The number of aryl methyl sites for hydroxylation is 2. The molecule has 0 aromatic heterocycles. The molecule has 2 aromatic rings. The molecule has 1 N–H and O–H groups in total. The van der Waals surface area contributed by atoms with Gasteiger partial charge in [-0.05, 0) is 48.4 Å². The molecule has 0 aliphatic carbocycles. The van der Waals surface area contributed by atoms with Crippen LogP contribution in [0.25, 0.3) is 5.76 Å². The van der Waals surface area contributed by atoms with Gasteiger partial charge in [-0.1, -0.05) is 62.7 Å². The van der Waals surface area contributed by atoms with Gasteiger partial charge in [-0.3, -0.25) is 9.59 Å². The molecule has 5 heteroatoms. The van der Waals surface area contributed by atoms with E-state index in [4.69, 9.17) is 4.74 Å². The molecule has 170 valence electrons. The summed E-state index contributed by atoms with van der Waals surface area (Å²) in [6, 6.07) is 13.0. The SMILES string of the molecule is COCCCN1C(=O)C(=O)/C(=C(/O)c2cc(C)ccc2C)C1c1ccc(C(C)(C)C)cc1.